The maximum Gasteiger partial charge on any atom is 0.307 e. The molecule has 0 aliphatic carbocycles. The largest absolute Gasteiger partial charge is 0.481 e. The van der Waals surface area contributed by atoms with Crippen molar-refractivity contribution < 1.29 is 9.90 Å². The Bertz CT molecular complexity index is 187. The van der Waals surface area contributed by atoms with Crippen molar-refractivity contribution in [2.75, 3.05) is 6.54 Å². The van der Waals surface area contributed by atoms with Crippen LogP contribution in [0, 0.1) is 0 Å². The fraction of sp³-hybridized carbons (Fsp3) is 0.429. The van der Waals surface area contributed by atoms with Crippen molar-refractivity contribution in [3.05, 3.63) is 12.2 Å². The minimum absolute atomic E-state index is 0.0360. The second-order valence-corrected chi connectivity index (χ2v) is 2.61. The van der Waals surface area contributed by atoms with E-state index in [1.807, 2.05) is 6.92 Å². The van der Waals surface area contributed by atoms with Crippen LogP contribution in [0.25, 0.3) is 0 Å². The molecule has 0 rings (SSSR count). The highest BCUT2D eigenvalue weighted by Gasteiger charge is 1.89. The number of halogens is 1. The van der Waals surface area contributed by atoms with Crippen molar-refractivity contribution in [3.63, 3.8) is 0 Å². The van der Waals surface area contributed by atoms with Crippen molar-refractivity contribution >= 4 is 26.5 Å². The van der Waals surface area contributed by atoms with E-state index in [-0.39, 0.29) is 6.42 Å². The van der Waals surface area contributed by atoms with Crippen LogP contribution in [0.5, 0.6) is 0 Å². The Kier molecular flexibility index (Phi) is 5.74. The highest BCUT2D eigenvalue weighted by Crippen LogP contribution is 1.93. The molecule has 0 radical (unpaired) electrons. The van der Waals surface area contributed by atoms with Crippen LogP contribution in [0.3, 0.4) is 0 Å². The first kappa shape index (κ1) is 10.4. The monoisotopic (exact) mass is 219 g/mol. The molecule has 0 fully saturated rings. The summed E-state index contributed by atoms with van der Waals surface area (Å²) in [5, 5.41) is 8.25. The van der Waals surface area contributed by atoms with Crippen molar-refractivity contribution in [2.24, 2.45) is 4.99 Å². The van der Waals surface area contributed by atoms with Crippen LogP contribution in [0.2, 0.25) is 0 Å². The van der Waals surface area contributed by atoms with Crippen LogP contribution < -0.4 is 0 Å². The summed E-state index contributed by atoms with van der Waals surface area (Å²) in [5.74, 6) is -0.835. The van der Waals surface area contributed by atoms with Crippen LogP contribution >= 0.6 is 15.9 Å². The van der Waals surface area contributed by atoms with Gasteiger partial charge in [0.25, 0.3) is 0 Å². The normalized spacial score (nSPS) is 12.4. The molecule has 0 aliphatic heterocycles. The van der Waals surface area contributed by atoms with Gasteiger partial charge in [0.15, 0.2) is 0 Å². The number of hydrogen-bond donors (Lipinski definition) is 1. The molecular weight excluding hydrogens is 210 g/mol. The average molecular weight is 220 g/mol. The van der Waals surface area contributed by atoms with Gasteiger partial charge in [0, 0.05) is 6.54 Å². The fourth-order valence-corrected chi connectivity index (χ4v) is 0.898. The molecule has 62 valence electrons. The van der Waals surface area contributed by atoms with Crippen molar-refractivity contribution in [3.8, 4) is 0 Å². The molecule has 0 aromatic rings. The number of aliphatic imine (C=N–C) groups is 1. The van der Waals surface area contributed by atoms with Gasteiger partial charge in [0.2, 0.25) is 0 Å². The first-order valence-electron chi connectivity index (χ1n) is 3.25. The topological polar surface area (TPSA) is 49.7 Å². The minimum atomic E-state index is -0.835. The molecule has 1 N–H and O–H groups in total. The minimum Gasteiger partial charge on any atom is -0.481 e. The zero-order chi connectivity index (χ0) is 8.69. The van der Waals surface area contributed by atoms with E-state index in [2.05, 4.69) is 20.9 Å². The summed E-state index contributed by atoms with van der Waals surface area (Å²) in [6, 6.07) is 0. The van der Waals surface area contributed by atoms with Gasteiger partial charge < -0.3 is 5.11 Å². The SMILES string of the molecule is CC/N=C(Br)\C=C/CC(=O)O. The molecule has 11 heavy (non-hydrogen) atoms. The van der Waals surface area contributed by atoms with Gasteiger partial charge >= 0.3 is 5.97 Å². The second kappa shape index (κ2) is 6.09. The summed E-state index contributed by atoms with van der Waals surface area (Å²) in [7, 11) is 0. The zero-order valence-electron chi connectivity index (χ0n) is 6.25. The molecule has 0 aromatic heterocycles. The van der Waals surface area contributed by atoms with Gasteiger partial charge in [-0.25, -0.2) is 0 Å². The van der Waals surface area contributed by atoms with E-state index in [9.17, 15) is 4.79 Å². The van der Waals surface area contributed by atoms with Gasteiger partial charge in [-0.1, -0.05) is 6.08 Å². The van der Waals surface area contributed by atoms with Gasteiger partial charge in [-0.05, 0) is 28.9 Å². The third kappa shape index (κ3) is 7.25. The van der Waals surface area contributed by atoms with E-state index < -0.39 is 5.97 Å². The molecule has 0 spiro atoms. The third-order valence-corrected chi connectivity index (χ3v) is 1.37. The highest BCUT2D eigenvalue weighted by molar-refractivity contribution is 9.18. The quantitative estimate of drug-likeness (QED) is 0.734. The van der Waals surface area contributed by atoms with E-state index in [0.717, 1.165) is 0 Å². The highest BCUT2D eigenvalue weighted by atomic mass is 79.9. The molecule has 0 saturated carbocycles. The summed E-state index contributed by atoms with van der Waals surface area (Å²) < 4.78 is 0.682. The van der Waals surface area contributed by atoms with Crippen LogP contribution in [-0.4, -0.2) is 22.2 Å². The Morgan fingerprint density at radius 3 is 2.82 bits per heavy atom. The summed E-state index contributed by atoms with van der Waals surface area (Å²) in [6.07, 6.45) is 3.22. The Labute approximate surface area is 74.0 Å². The lowest BCUT2D eigenvalue weighted by Crippen LogP contribution is -1.90. The van der Waals surface area contributed by atoms with Crippen LogP contribution in [0.15, 0.2) is 17.1 Å². The molecule has 0 atom stereocenters. The molecule has 0 amide bonds. The molecule has 0 heterocycles. The van der Waals surface area contributed by atoms with Crippen molar-refractivity contribution in [1.82, 2.24) is 0 Å². The number of carboxylic acid groups (broad SMARTS) is 1. The number of carbonyl (C=O) groups is 1. The van der Waals surface area contributed by atoms with E-state index >= 15 is 0 Å². The van der Waals surface area contributed by atoms with E-state index in [4.69, 9.17) is 5.11 Å². The smallest absolute Gasteiger partial charge is 0.307 e. The van der Waals surface area contributed by atoms with Gasteiger partial charge in [-0.2, -0.15) is 0 Å². The van der Waals surface area contributed by atoms with Crippen molar-refractivity contribution in [1.29, 1.82) is 0 Å². The number of carboxylic acids is 1. The van der Waals surface area contributed by atoms with Gasteiger partial charge in [-0.3, -0.25) is 9.79 Å². The number of rotatable bonds is 4. The molecule has 0 bridgehead atoms. The Morgan fingerprint density at radius 1 is 1.73 bits per heavy atom. The molecule has 0 aromatic carbocycles. The van der Waals surface area contributed by atoms with Crippen molar-refractivity contribution in [2.45, 2.75) is 13.3 Å². The molecule has 0 aliphatic rings. The summed E-state index contributed by atoms with van der Waals surface area (Å²) in [4.78, 5) is 14.0. The molecule has 4 heteroatoms. The average Bonchev–Trinajstić information content (AvgIpc) is 1.87. The first-order chi connectivity index (χ1) is 5.16. The zero-order valence-corrected chi connectivity index (χ0v) is 7.84. The van der Waals surface area contributed by atoms with Gasteiger partial charge in [0.05, 0.1) is 11.0 Å². The van der Waals surface area contributed by atoms with Crippen LogP contribution in [-0.2, 0) is 4.79 Å². The Balaban J connectivity index is 3.74. The standard InChI is InChI=1S/C7H10BrNO2/c1-2-9-6(8)4-3-5-7(10)11/h3-4H,2,5H2,1H3,(H,10,11)/b4-3-,9-6+. The summed E-state index contributed by atoms with van der Waals surface area (Å²) in [5.41, 5.74) is 0. The second-order valence-electron chi connectivity index (χ2n) is 1.80. The lowest BCUT2D eigenvalue weighted by molar-refractivity contribution is -0.135. The van der Waals surface area contributed by atoms with Crippen LogP contribution in [0.1, 0.15) is 13.3 Å². The predicted molar refractivity (Wildman–Crippen MR) is 48.3 cm³/mol. The number of nitrogens with zero attached hydrogens (tertiary/aromatic N) is 1. The van der Waals surface area contributed by atoms with Gasteiger partial charge in [-0.15, -0.1) is 0 Å². The molecule has 0 saturated heterocycles. The summed E-state index contributed by atoms with van der Waals surface area (Å²) in [6.45, 7) is 2.60. The van der Waals surface area contributed by atoms with Crippen LogP contribution in [0.4, 0.5) is 0 Å². The predicted octanol–water partition coefficient (Wildman–Crippen LogP) is 1.83. The molecular formula is C7H10BrNO2. The Hall–Kier alpha value is -0.640. The fourth-order valence-electron chi connectivity index (χ4n) is 0.461. The first-order valence-corrected chi connectivity index (χ1v) is 4.04. The van der Waals surface area contributed by atoms with E-state index in [1.54, 1.807) is 12.2 Å². The number of allylic oxidation sites excluding steroid dienone is 1. The Morgan fingerprint density at radius 2 is 2.36 bits per heavy atom. The molecule has 0 unspecified atom stereocenters. The summed E-state index contributed by atoms with van der Waals surface area (Å²) >= 11 is 3.16. The lowest BCUT2D eigenvalue weighted by Gasteiger charge is -1.86. The lowest BCUT2D eigenvalue weighted by atomic mass is 10.4. The number of aliphatic carboxylic acids is 1. The number of hydrogen-bond acceptors (Lipinski definition) is 2. The van der Waals surface area contributed by atoms with E-state index in [1.165, 1.54) is 0 Å². The third-order valence-electron chi connectivity index (χ3n) is 0.857. The maximum absolute atomic E-state index is 10.0. The molecule has 3 nitrogen and oxygen atoms in total. The van der Waals surface area contributed by atoms with E-state index in [0.29, 0.717) is 11.2 Å². The maximum atomic E-state index is 10.0. The van der Waals surface area contributed by atoms with Gasteiger partial charge in [0.1, 0.15) is 0 Å².